The number of hydrogen-bond acceptors (Lipinski definition) is 3. The number of rotatable bonds is 5. The van der Waals surface area contributed by atoms with Crippen molar-refractivity contribution in [3.05, 3.63) is 22.4 Å². The zero-order valence-corrected chi connectivity index (χ0v) is 15.3. The summed E-state index contributed by atoms with van der Waals surface area (Å²) in [6, 6.07) is 4.15. The molecule has 3 nitrogen and oxygen atoms in total. The number of esters is 1. The molecule has 2 aliphatic rings. The minimum Gasteiger partial charge on any atom is -0.461 e. The van der Waals surface area contributed by atoms with Crippen LogP contribution in [0.15, 0.2) is 17.5 Å². The van der Waals surface area contributed by atoms with E-state index in [-0.39, 0.29) is 18.0 Å². The summed E-state index contributed by atoms with van der Waals surface area (Å²) in [6.45, 7) is 2.20. The fourth-order valence-corrected chi connectivity index (χ4v) is 4.83. The van der Waals surface area contributed by atoms with Gasteiger partial charge in [-0.1, -0.05) is 31.7 Å². The van der Waals surface area contributed by atoms with Crippen LogP contribution < -0.4 is 0 Å². The Bertz CT molecular complexity index is 495. The largest absolute Gasteiger partial charge is 0.461 e. The molecule has 0 aromatic carbocycles. The van der Waals surface area contributed by atoms with Crippen LogP contribution in [-0.4, -0.2) is 43.7 Å². The third-order valence-corrected chi connectivity index (χ3v) is 6.60. The summed E-state index contributed by atoms with van der Waals surface area (Å²) in [6.07, 6.45) is 8.32. The number of thiophene rings is 1. The van der Waals surface area contributed by atoms with Crippen LogP contribution >= 0.6 is 11.3 Å². The number of ether oxygens (including phenoxy) is 1. The zero-order chi connectivity index (χ0) is 16.3. The molecule has 3 rings (SSSR count). The first-order chi connectivity index (χ1) is 11.0. The Balaban J connectivity index is 1.61. The van der Waals surface area contributed by atoms with Crippen LogP contribution in [-0.2, 0) is 9.53 Å². The number of carbonyl (C=O) groups excluding carboxylic acids is 1. The van der Waals surface area contributed by atoms with E-state index in [1.807, 2.05) is 0 Å². The molecule has 0 amide bonds. The second kappa shape index (κ2) is 7.35. The van der Waals surface area contributed by atoms with Gasteiger partial charge < -0.3 is 9.22 Å². The number of likely N-dealkylation sites (tertiary alicyclic amines) is 1. The minimum atomic E-state index is -0.0393. The number of piperidine rings is 1. The van der Waals surface area contributed by atoms with E-state index in [2.05, 4.69) is 31.6 Å². The summed E-state index contributed by atoms with van der Waals surface area (Å²) in [7, 11) is 4.51. The fourth-order valence-electron chi connectivity index (χ4n) is 4.00. The maximum atomic E-state index is 12.8. The van der Waals surface area contributed by atoms with Gasteiger partial charge in [0.25, 0.3) is 0 Å². The molecule has 1 atom stereocenters. The molecule has 0 unspecified atom stereocenters. The monoisotopic (exact) mass is 336 g/mol. The quantitative estimate of drug-likeness (QED) is 0.595. The van der Waals surface area contributed by atoms with Crippen LogP contribution in [0, 0.1) is 5.92 Å². The Morgan fingerprint density at radius 1 is 1.26 bits per heavy atom. The Kier molecular flexibility index (Phi) is 5.42. The average molecular weight is 337 g/mol. The van der Waals surface area contributed by atoms with Crippen molar-refractivity contribution in [2.45, 2.75) is 57.0 Å². The highest BCUT2D eigenvalue weighted by atomic mass is 32.1. The third-order valence-electron chi connectivity index (χ3n) is 5.61. The van der Waals surface area contributed by atoms with Crippen LogP contribution in [0.1, 0.15) is 55.7 Å². The Morgan fingerprint density at radius 3 is 2.57 bits per heavy atom. The number of hydrogen-bond donors (Lipinski definition) is 0. The molecule has 1 aliphatic carbocycles. The summed E-state index contributed by atoms with van der Waals surface area (Å²) in [5.74, 6) is 0.690. The second-order valence-electron chi connectivity index (χ2n) is 7.97. The van der Waals surface area contributed by atoms with Gasteiger partial charge in [0.15, 0.2) is 0 Å². The molecule has 1 aliphatic heterocycles. The molecule has 0 bridgehead atoms. The van der Waals surface area contributed by atoms with E-state index in [0.29, 0.717) is 5.92 Å². The van der Waals surface area contributed by atoms with Gasteiger partial charge >= 0.3 is 5.97 Å². The fraction of sp³-hybridized carbons (Fsp3) is 0.737. The predicted octanol–water partition coefficient (Wildman–Crippen LogP) is 4.19. The molecule has 23 heavy (non-hydrogen) atoms. The normalized spacial score (nSPS) is 23.7. The zero-order valence-electron chi connectivity index (χ0n) is 14.5. The molecule has 0 spiro atoms. The Labute approximate surface area is 144 Å². The van der Waals surface area contributed by atoms with Crippen LogP contribution in [0.4, 0.5) is 0 Å². The van der Waals surface area contributed by atoms with Crippen LogP contribution in [0.25, 0.3) is 0 Å². The molecule has 1 aromatic heterocycles. The minimum absolute atomic E-state index is 0.0246. The Morgan fingerprint density at radius 2 is 1.96 bits per heavy atom. The van der Waals surface area contributed by atoms with Crippen LogP contribution in [0.2, 0.25) is 0 Å². The van der Waals surface area contributed by atoms with Gasteiger partial charge in [-0.2, -0.15) is 0 Å². The Hall–Kier alpha value is -0.870. The van der Waals surface area contributed by atoms with Crippen molar-refractivity contribution in [1.29, 1.82) is 0 Å². The van der Waals surface area contributed by atoms with Crippen LogP contribution in [0.5, 0.6) is 0 Å². The van der Waals surface area contributed by atoms with Crippen molar-refractivity contribution in [3.8, 4) is 0 Å². The highest BCUT2D eigenvalue weighted by Crippen LogP contribution is 2.36. The first-order valence-corrected chi connectivity index (χ1v) is 9.97. The molecule has 4 heteroatoms. The van der Waals surface area contributed by atoms with Gasteiger partial charge in [-0.05, 0) is 23.8 Å². The van der Waals surface area contributed by atoms with Crippen molar-refractivity contribution < 1.29 is 14.0 Å². The van der Waals surface area contributed by atoms with Gasteiger partial charge in [0, 0.05) is 17.7 Å². The van der Waals surface area contributed by atoms with Crippen molar-refractivity contribution >= 4 is 17.3 Å². The summed E-state index contributed by atoms with van der Waals surface area (Å²) in [4.78, 5) is 14.0. The number of carbonyl (C=O) groups is 1. The van der Waals surface area contributed by atoms with Gasteiger partial charge in [0.1, 0.15) is 6.10 Å². The lowest BCUT2D eigenvalue weighted by molar-refractivity contribution is -0.896. The first-order valence-electron chi connectivity index (χ1n) is 9.09. The molecule has 2 heterocycles. The van der Waals surface area contributed by atoms with Gasteiger partial charge in [0.2, 0.25) is 0 Å². The molecular weight excluding hydrogens is 306 g/mol. The lowest BCUT2D eigenvalue weighted by Crippen LogP contribution is -2.48. The summed E-state index contributed by atoms with van der Waals surface area (Å²) < 4.78 is 6.98. The lowest BCUT2D eigenvalue weighted by atomic mass is 9.92. The molecular formula is C19H30NO2S+. The summed E-state index contributed by atoms with van der Waals surface area (Å²) in [5, 5.41) is 2.07. The lowest BCUT2D eigenvalue weighted by Gasteiger charge is -2.37. The van der Waals surface area contributed by atoms with Crippen molar-refractivity contribution in [3.63, 3.8) is 0 Å². The SMILES string of the molecule is C[N+]1(C)CCC(OC(=O)[C@H](CC2CCCC2)c2cccs2)CC1. The predicted molar refractivity (Wildman–Crippen MR) is 94.6 cm³/mol. The third kappa shape index (κ3) is 4.57. The van der Waals surface area contributed by atoms with E-state index in [1.165, 1.54) is 30.6 Å². The van der Waals surface area contributed by atoms with Crippen molar-refractivity contribution in [2.24, 2.45) is 5.92 Å². The highest BCUT2D eigenvalue weighted by molar-refractivity contribution is 7.10. The molecule has 128 valence electrons. The smallest absolute Gasteiger partial charge is 0.314 e. The highest BCUT2D eigenvalue weighted by Gasteiger charge is 2.33. The van der Waals surface area contributed by atoms with Crippen LogP contribution in [0.3, 0.4) is 0 Å². The summed E-state index contributed by atoms with van der Waals surface area (Å²) in [5.41, 5.74) is 0. The molecule has 1 aromatic rings. The van der Waals surface area contributed by atoms with E-state index in [9.17, 15) is 4.79 Å². The standard InChI is InChI=1S/C19H30NO2S/c1-20(2)11-9-16(10-12-20)22-19(21)17(18-8-5-13-23-18)14-15-6-3-4-7-15/h5,8,13,15-17H,3-4,6-7,9-12,14H2,1-2H3/q+1/t17-/m1/s1. The first kappa shape index (κ1) is 17.0. The van der Waals surface area contributed by atoms with E-state index in [4.69, 9.17) is 4.74 Å². The van der Waals surface area contributed by atoms with Gasteiger partial charge in [0.05, 0.1) is 33.1 Å². The topological polar surface area (TPSA) is 26.3 Å². The van der Waals surface area contributed by atoms with Gasteiger partial charge in [-0.25, -0.2) is 0 Å². The maximum absolute atomic E-state index is 12.8. The van der Waals surface area contributed by atoms with E-state index in [1.54, 1.807) is 11.3 Å². The average Bonchev–Trinajstić information content (AvgIpc) is 3.19. The molecule has 0 radical (unpaired) electrons. The van der Waals surface area contributed by atoms with E-state index in [0.717, 1.165) is 36.8 Å². The molecule has 2 fully saturated rings. The summed E-state index contributed by atoms with van der Waals surface area (Å²) >= 11 is 1.70. The number of quaternary nitrogens is 1. The molecule has 1 saturated carbocycles. The van der Waals surface area contributed by atoms with Gasteiger partial charge in [-0.3, -0.25) is 4.79 Å². The molecule has 1 saturated heterocycles. The second-order valence-corrected chi connectivity index (χ2v) is 8.95. The van der Waals surface area contributed by atoms with E-state index < -0.39 is 0 Å². The van der Waals surface area contributed by atoms with Gasteiger partial charge in [-0.15, -0.1) is 11.3 Å². The maximum Gasteiger partial charge on any atom is 0.314 e. The molecule has 0 N–H and O–H groups in total. The number of nitrogens with zero attached hydrogens (tertiary/aromatic N) is 1. The van der Waals surface area contributed by atoms with Crippen molar-refractivity contribution in [1.82, 2.24) is 0 Å². The van der Waals surface area contributed by atoms with Crippen molar-refractivity contribution in [2.75, 3.05) is 27.2 Å². The van der Waals surface area contributed by atoms with E-state index >= 15 is 0 Å².